The summed E-state index contributed by atoms with van der Waals surface area (Å²) < 4.78 is 1.58. The summed E-state index contributed by atoms with van der Waals surface area (Å²) in [7, 11) is 0. The van der Waals surface area contributed by atoms with Crippen molar-refractivity contribution >= 4 is 67.6 Å². The van der Waals surface area contributed by atoms with Gasteiger partial charge in [0.05, 0.1) is 4.91 Å². The van der Waals surface area contributed by atoms with E-state index in [2.05, 4.69) is 39.4 Å². The van der Waals surface area contributed by atoms with Crippen LogP contribution in [0.2, 0.25) is 0 Å². The summed E-state index contributed by atoms with van der Waals surface area (Å²) in [6, 6.07) is 12.3. The van der Waals surface area contributed by atoms with E-state index in [-0.39, 0.29) is 5.91 Å². The Kier molecular flexibility index (Phi) is 4.07. The number of rotatable bonds is 2. The molecule has 1 aliphatic rings. The highest BCUT2D eigenvalue weighted by molar-refractivity contribution is 9.10. The van der Waals surface area contributed by atoms with Gasteiger partial charge in [0.25, 0.3) is 5.91 Å². The van der Waals surface area contributed by atoms with Gasteiger partial charge in [-0.1, -0.05) is 52.0 Å². The van der Waals surface area contributed by atoms with Crippen LogP contribution < -0.4 is 5.32 Å². The van der Waals surface area contributed by atoms with E-state index in [1.807, 2.05) is 24.3 Å². The zero-order valence-electron chi connectivity index (χ0n) is 10.1. The molecule has 1 aromatic heterocycles. The predicted molar refractivity (Wildman–Crippen MR) is 93.8 cm³/mol. The maximum Gasteiger partial charge on any atom is 0.263 e. The van der Waals surface area contributed by atoms with Gasteiger partial charge in [0.1, 0.15) is 4.32 Å². The molecule has 0 unspecified atom stereocenters. The third-order valence-corrected chi connectivity index (χ3v) is 5.44. The molecule has 20 heavy (non-hydrogen) atoms. The predicted octanol–water partition coefficient (Wildman–Crippen LogP) is 4.67. The minimum Gasteiger partial charge on any atom is -0.307 e. The van der Waals surface area contributed by atoms with Gasteiger partial charge in [-0.15, -0.1) is 11.3 Å². The fraction of sp³-hybridized carbons (Fsp3) is 0. The third-order valence-electron chi connectivity index (χ3n) is 2.67. The summed E-state index contributed by atoms with van der Waals surface area (Å²) >= 11 is 11.4. The first-order valence-electron chi connectivity index (χ1n) is 5.72. The Morgan fingerprint density at radius 1 is 1.15 bits per heavy atom. The van der Waals surface area contributed by atoms with Gasteiger partial charge in [0.15, 0.2) is 0 Å². The third kappa shape index (κ3) is 3.03. The molecule has 6 heteroatoms. The molecule has 2 heterocycles. The molecule has 0 spiro atoms. The fourth-order valence-corrected chi connectivity index (χ4v) is 4.08. The molecule has 100 valence electrons. The van der Waals surface area contributed by atoms with Crippen molar-refractivity contribution in [1.82, 2.24) is 5.32 Å². The largest absolute Gasteiger partial charge is 0.307 e. The summed E-state index contributed by atoms with van der Waals surface area (Å²) in [5.41, 5.74) is 1.17. The van der Waals surface area contributed by atoms with Crippen molar-refractivity contribution in [3.05, 3.63) is 50.7 Å². The maximum absolute atomic E-state index is 11.6. The van der Waals surface area contributed by atoms with Gasteiger partial charge in [-0.2, -0.15) is 0 Å². The van der Waals surface area contributed by atoms with Gasteiger partial charge in [-0.25, -0.2) is 0 Å². The minimum absolute atomic E-state index is 0.112. The van der Waals surface area contributed by atoms with Crippen molar-refractivity contribution < 1.29 is 4.79 Å². The molecule has 1 N–H and O–H groups in total. The number of hydrogen-bond donors (Lipinski definition) is 1. The molecule has 0 bridgehead atoms. The lowest BCUT2D eigenvalue weighted by atomic mass is 10.2. The van der Waals surface area contributed by atoms with Crippen molar-refractivity contribution in [3.8, 4) is 10.4 Å². The molecule has 0 saturated carbocycles. The van der Waals surface area contributed by atoms with Crippen LogP contribution in [-0.4, -0.2) is 10.2 Å². The summed E-state index contributed by atoms with van der Waals surface area (Å²) in [4.78, 5) is 14.5. The van der Waals surface area contributed by atoms with Gasteiger partial charge in [0, 0.05) is 14.2 Å². The lowest BCUT2D eigenvalue weighted by molar-refractivity contribution is -0.115. The van der Waals surface area contributed by atoms with E-state index >= 15 is 0 Å². The van der Waals surface area contributed by atoms with Crippen molar-refractivity contribution in [2.45, 2.75) is 0 Å². The van der Waals surface area contributed by atoms with E-state index in [0.29, 0.717) is 9.23 Å². The Morgan fingerprint density at radius 2 is 1.90 bits per heavy atom. The summed E-state index contributed by atoms with van der Waals surface area (Å²) in [5.74, 6) is -0.112. The molecule has 0 aliphatic carbocycles. The number of hydrogen-bond acceptors (Lipinski definition) is 4. The monoisotopic (exact) mass is 381 g/mol. The number of thiophene rings is 1. The zero-order chi connectivity index (χ0) is 14.1. The second kappa shape index (κ2) is 5.81. The Bertz CT molecular complexity index is 718. The summed E-state index contributed by atoms with van der Waals surface area (Å²) in [6.45, 7) is 0. The molecule has 0 atom stereocenters. The molecule has 1 fully saturated rings. The van der Waals surface area contributed by atoms with Gasteiger partial charge < -0.3 is 5.32 Å². The SMILES string of the molecule is O=C1NC(=S)S/C1=C/c1ccc(-c2ccc(Br)cc2)s1. The number of thiocarbonyl (C=S) groups is 1. The van der Waals surface area contributed by atoms with E-state index < -0.39 is 0 Å². The number of halogens is 1. The van der Waals surface area contributed by atoms with Gasteiger partial charge >= 0.3 is 0 Å². The van der Waals surface area contributed by atoms with Crippen LogP contribution in [0.1, 0.15) is 4.88 Å². The highest BCUT2D eigenvalue weighted by Gasteiger charge is 2.22. The lowest BCUT2D eigenvalue weighted by Crippen LogP contribution is -2.17. The Hall–Kier alpha value is -0.950. The van der Waals surface area contributed by atoms with E-state index in [9.17, 15) is 4.79 Å². The average molecular weight is 382 g/mol. The van der Waals surface area contributed by atoms with Crippen LogP contribution in [0.25, 0.3) is 16.5 Å². The van der Waals surface area contributed by atoms with Crippen LogP contribution in [0.3, 0.4) is 0 Å². The Labute approximate surface area is 138 Å². The number of nitrogens with one attached hydrogen (secondary N) is 1. The lowest BCUT2D eigenvalue weighted by Gasteiger charge is -1.96. The molecular formula is C14H8BrNOS3. The number of carbonyl (C=O) groups is 1. The molecular weight excluding hydrogens is 374 g/mol. The molecule has 0 radical (unpaired) electrons. The Morgan fingerprint density at radius 3 is 2.55 bits per heavy atom. The maximum atomic E-state index is 11.6. The van der Waals surface area contributed by atoms with Crippen LogP contribution in [0.4, 0.5) is 0 Å². The minimum atomic E-state index is -0.112. The number of carbonyl (C=O) groups excluding carboxylic acids is 1. The first-order valence-corrected chi connectivity index (χ1v) is 8.56. The first kappa shape index (κ1) is 14.0. The van der Waals surface area contributed by atoms with Crippen molar-refractivity contribution in [2.75, 3.05) is 0 Å². The molecule has 1 aromatic carbocycles. The molecule has 1 saturated heterocycles. The standard InChI is InChI=1S/C14H8BrNOS3/c15-9-3-1-8(2-4-9)11-6-5-10(19-11)7-12-13(17)16-14(18)20-12/h1-7H,(H,16,17,18)/b12-7+. The van der Waals surface area contributed by atoms with Crippen LogP contribution in [-0.2, 0) is 4.79 Å². The zero-order valence-corrected chi connectivity index (χ0v) is 14.1. The van der Waals surface area contributed by atoms with Gasteiger partial charge in [-0.05, 0) is 35.9 Å². The summed E-state index contributed by atoms with van der Waals surface area (Å²) in [6.07, 6.45) is 1.88. The van der Waals surface area contributed by atoms with E-state index in [1.165, 1.54) is 22.2 Å². The van der Waals surface area contributed by atoms with Gasteiger partial charge in [-0.3, -0.25) is 4.79 Å². The van der Waals surface area contributed by atoms with Gasteiger partial charge in [0.2, 0.25) is 0 Å². The molecule has 1 aliphatic heterocycles. The summed E-state index contributed by atoms with van der Waals surface area (Å²) in [5, 5.41) is 2.62. The van der Waals surface area contributed by atoms with Crippen LogP contribution in [0.15, 0.2) is 45.8 Å². The molecule has 1 amide bonds. The smallest absolute Gasteiger partial charge is 0.263 e. The topological polar surface area (TPSA) is 29.1 Å². The van der Waals surface area contributed by atoms with Crippen molar-refractivity contribution in [2.24, 2.45) is 0 Å². The second-order valence-electron chi connectivity index (χ2n) is 4.06. The normalized spacial score (nSPS) is 16.8. The highest BCUT2D eigenvalue weighted by atomic mass is 79.9. The number of thioether (sulfide) groups is 1. The van der Waals surface area contributed by atoms with E-state index in [1.54, 1.807) is 11.3 Å². The average Bonchev–Trinajstić information content (AvgIpc) is 2.98. The first-order chi connectivity index (χ1) is 9.61. The van der Waals surface area contributed by atoms with E-state index in [4.69, 9.17) is 12.2 Å². The molecule has 2 aromatic rings. The van der Waals surface area contributed by atoms with E-state index in [0.717, 1.165) is 9.35 Å². The fourth-order valence-electron chi connectivity index (χ4n) is 1.75. The molecule has 3 rings (SSSR count). The number of amides is 1. The second-order valence-corrected chi connectivity index (χ2v) is 7.81. The molecule has 2 nitrogen and oxygen atoms in total. The van der Waals surface area contributed by atoms with Crippen molar-refractivity contribution in [1.29, 1.82) is 0 Å². The Balaban J connectivity index is 1.87. The number of benzene rings is 1. The van der Waals surface area contributed by atoms with Crippen LogP contribution >= 0.6 is 51.2 Å². The van der Waals surface area contributed by atoms with Crippen LogP contribution in [0, 0.1) is 0 Å². The highest BCUT2D eigenvalue weighted by Crippen LogP contribution is 2.32. The van der Waals surface area contributed by atoms with Crippen LogP contribution in [0.5, 0.6) is 0 Å². The quantitative estimate of drug-likeness (QED) is 0.605. The van der Waals surface area contributed by atoms with Crippen molar-refractivity contribution in [3.63, 3.8) is 0 Å².